The van der Waals surface area contributed by atoms with Gasteiger partial charge in [-0.05, 0) is 75.6 Å². The molecule has 0 radical (unpaired) electrons. The number of rotatable bonds is 8. The van der Waals surface area contributed by atoms with Crippen LogP contribution in [0.15, 0.2) is 60.0 Å². The number of ether oxygens (including phenoxy) is 2. The predicted octanol–water partition coefficient (Wildman–Crippen LogP) is 4.32. The normalized spacial score (nSPS) is 20.2. The van der Waals surface area contributed by atoms with Gasteiger partial charge >= 0.3 is 6.03 Å². The Morgan fingerprint density at radius 3 is 2.54 bits per heavy atom. The summed E-state index contributed by atoms with van der Waals surface area (Å²) < 4.78 is 56.0. The summed E-state index contributed by atoms with van der Waals surface area (Å²) in [6, 6.07) is 8.96. The molecule has 3 N–H and O–H groups in total. The molecule has 2 heterocycles. The van der Waals surface area contributed by atoms with Crippen molar-refractivity contribution in [2.45, 2.75) is 63.3 Å². The molecule has 0 bridgehead atoms. The molecule has 4 rings (SSSR count). The van der Waals surface area contributed by atoms with Crippen LogP contribution >= 0.6 is 0 Å². The molecule has 0 unspecified atom stereocenters. The Bertz CT molecular complexity index is 1650. The first-order valence-corrected chi connectivity index (χ1v) is 17.4. The van der Waals surface area contributed by atoms with Crippen molar-refractivity contribution >= 4 is 33.3 Å². The zero-order chi connectivity index (χ0) is 35.0. The van der Waals surface area contributed by atoms with Gasteiger partial charge in [0.25, 0.3) is 15.9 Å². The number of sulfonamides is 1. The van der Waals surface area contributed by atoms with E-state index in [1.165, 1.54) is 63.3 Å². The lowest BCUT2D eigenvalue weighted by Gasteiger charge is -2.35. The fourth-order valence-electron chi connectivity index (χ4n) is 5.29. The summed E-state index contributed by atoms with van der Waals surface area (Å²) in [5.41, 5.74) is 0.712. The van der Waals surface area contributed by atoms with E-state index in [-0.39, 0.29) is 53.7 Å². The molecule has 48 heavy (non-hydrogen) atoms. The Balaban J connectivity index is 1.62. The molecule has 0 saturated carbocycles. The van der Waals surface area contributed by atoms with E-state index in [4.69, 9.17) is 9.47 Å². The van der Waals surface area contributed by atoms with Crippen molar-refractivity contribution in [1.29, 1.82) is 0 Å². The second kappa shape index (κ2) is 16.3. The number of benzene rings is 2. The molecule has 0 spiro atoms. The van der Waals surface area contributed by atoms with Gasteiger partial charge in [-0.25, -0.2) is 14.2 Å². The van der Waals surface area contributed by atoms with Crippen LogP contribution in [0.2, 0.25) is 0 Å². The number of anilines is 2. The molecular weight excluding hydrogens is 643 g/mol. The number of imidazole rings is 1. The lowest BCUT2D eigenvalue weighted by atomic mass is 10.0. The average molecular weight is 689 g/mol. The molecule has 0 saturated heterocycles. The first kappa shape index (κ1) is 36.6. The molecule has 1 aliphatic heterocycles. The summed E-state index contributed by atoms with van der Waals surface area (Å²) in [7, 11) is -0.762. The van der Waals surface area contributed by atoms with Crippen LogP contribution in [0.25, 0.3) is 0 Å². The SMILES string of the molecule is C[C@@H]1CCCCO[C@H](CN(C)C(=O)Nc2ccc(F)cc2)[C@@H](C)CN([C@H](C)CO)C(=O)c2cc(NS(=O)(=O)c3cn(C)cn3)ccc2O1. The maximum absolute atomic E-state index is 14.3. The Morgan fingerprint density at radius 2 is 1.88 bits per heavy atom. The van der Waals surface area contributed by atoms with Crippen LogP contribution < -0.4 is 14.8 Å². The Hall–Kier alpha value is -4.21. The van der Waals surface area contributed by atoms with Crippen LogP contribution in [-0.4, -0.2) is 96.4 Å². The van der Waals surface area contributed by atoms with Gasteiger partial charge in [-0.3, -0.25) is 9.52 Å². The predicted molar refractivity (Wildman–Crippen MR) is 179 cm³/mol. The van der Waals surface area contributed by atoms with Crippen LogP contribution in [0.3, 0.4) is 0 Å². The molecule has 262 valence electrons. The maximum atomic E-state index is 14.3. The number of halogens is 1. The van der Waals surface area contributed by atoms with Gasteiger partial charge < -0.3 is 34.3 Å². The fraction of sp³-hybridized carbons (Fsp3) is 0.485. The molecule has 2 aromatic carbocycles. The number of aromatic nitrogens is 2. The Kier molecular flexibility index (Phi) is 12.4. The van der Waals surface area contributed by atoms with Gasteiger partial charge in [0.15, 0.2) is 5.03 Å². The molecule has 1 aromatic heterocycles. The molecule has 15 heteroatoms. The lowest BCUT2D eigenvalue weighted by molar-refractivity contribution is -0.0115. The topological polar surface area (TPSA) is 155 Å². The van der Waals surface area contributed by atoms with E-state index in [2.05, 4.69) is 15.0 Å². The van der Waals surface area contributed by atoms with E-state index in [1.54, 1.807) is 27.1 Å². The number of likely N-dealkylation sites (N-methyl/N-ethyl adjacent to an activating group) is 1. The van der Waals surface area contributed by atoms with Crippen molar-refractivity contribution < 1.29 is 37.0 Å². The zero-order valence-electron chi connectivity index (χ0n) is 27.9. The highest BCUT2D eigenvalue weighted by Gasteiger charge is 2.31. The summed E-state index contributed by atoms with van der Waals surface area (Å²) in [6.07, 6.45) is 4.17. The maximum Gasteiger partial charge on any atom is 0.321 e. The van der Waals surface area contributed by atoms with Crippen LogP contribution in [-0.2, 0) is 21.8 Å². The van der Waals surface area contributed by atoms with Gasteiger partial charge in [-0.1, -0.05) is 6.92 Å². The summed E-state index contributed by atoms with van der Waals surface area (Å²) in [5, 5.41) is 12.8. The number of urea groups is 1. The highest BCUT2D eigenvalue weighted by atomic mass is 32.2. The third-order valence-corrected chi connectivity index (χ3v) is 9.42. The summed E-state index contributed by atoms with van der Waals surface area (Å²) in [4.78, 5) is 34.2. The van der Waals surface area contributed by atoms with Gasteiger partial charge in [0.05, 0.1) is 36.7 Å². The van der Waals surface area contributed by atoms with Crippen LogP contribution in [0.1, 0.15) is 50.4 Å². The van der Waals surface area contributed by atoms with E-state index < -0.39 is 39.9 Å². The van der Waals surface area contributed by atoms with Crippen molar-refractivity contribution in [2.75, 3.05) is 43.4 Å². The smallest absolute Gasteiger partial charge is 0.321 e. The number of nitrogens with one attached hydrogen (secondary N) is 2. The number of carbonyl (C=O) groups is 2. The minimum absolute atomic E-state index is 0.126. The Labute approximate surface area is 281 Å². The highest BCUT2D eigenvalue weighted by molar-refractivity contribution is 7.92. The number of hydrogen-bond acceptors (Lipinski definition) is 8. The van der Waals surface area contributed by atoms with Gasteiger partial charge in [0.2, 0.25) is 0 Å². The number of nitrogens with zero attached hydrogens (tertiary/aromatic N) is 4. The number of carbonyl (C=O) groups excluding carboxylic acids is 2. The largest absolute Gasteiger partial charge is 0.490 e. The molecule has 1 aliphatic rings. The molecule has 0 aliphatic carbocycles. The van der Waals surface area contributed by atoms with E-state index in [0.29, 0.717) is 18.7 Å². The van der Waals surface area contributed by atoms with E-state index in [1.807, 2.05) is 13.8 Å². The van der Waals surface area contributed by atoms with Crippen molar-refractivity contribution in [3.63, 3.8) is 0 Å². The second-order valence-corrected chi connectivity index (χ2v) is 13.9. The third kappa shape index (κ3) is 9.67. The van der Waals surface area contributed by atoms with Gasteiger partial charge in [0.1, 0.15) is 11.6 Å². The van der Waals surface area contributed by atoms with E-state index in [0.717, 1.165) is 12.8 Å². The molecule has 3 aromatic rings. The first-order chi connectivity index (χ1) is 22.8. The minimum Gasteiger partial charge on any atom is -0.490 e. The van der Waals surface area contributed by atoms with Crippen molar-refractivity contribution in [3.05, 3.63) is 66.4 Å². The van der Waals surface area contributed by atoms with Crippen LogP contribution in [0, 0.1) is 11.7 Å². The number of aryl methyl sites for hydroxylation is 1. The van der Waals surface area contributed by atoms with Crippen molar-refractivity contribution in [2.24, 2.45) is 13.0 Å². The van der Waals surface area contributed by atoms with Gasteiger partial charge in [-0.15, -0.1) is 0 Å². The van der Waals surface area contributed by atoms with Crippen molar-refractivity contribution in [3.8, 4) is 5.75 Å². The molecule has 13 nitrogen and oxygen atoms in total. The molecule has 4 atom stereocenters. The zero-order valence-corrected chi connectivity index (χ0v) is 28.7. The Morgan fingerprint density at radius 1 is 1.17 bits per heavy atom. The van der Waals surface area contributed by atoms with Crippen molar-refractivity contribution in [1.82, 2.24) is 19.4 Å². The first-order valence-electron chi connectivity index (χ1n) is 15.9. The molecular formula is C33H45FN6O7S. The number of amides is 3. The quantitative estimate of drug-likeness (QED) is 0.316. The van der Waals surface area contributed by atoms with Crippen LogP contribution in [0.4, 0.5) is 20.6 Å². The van der Waals surface area contributed by atoms with Gasteiger partial charge in [-0.2, -0.15) is 8.42 Å². The molecule has 0 fully saturated rings. The standard InChI is InChI=1S/C33H45FN6O7S/c1-22-17-40(23(2)20-41)32(42)28-16-27(37-48(44,45)31-19-38(4)21-35-31)13-14-29(28)47-24(3)8-6-7-15-46-30(22)18-39(5)33(43)36-26-11-9-25(34)10-12-26/h9-14,16,19,21-24,30,37,41H,6-8,15,17-18,20H2,1-5H3,(H,36,43)/t22-,23+,24+,30+/m0/s1. The molecule has 3 amide bonds. The summed E-state index contributed by atoms with van der Waals surface area (Å²) in [5.74, 6) is -0.896. The average Bonchev–Trinajstić information content (AvgIpc) is 3.50. The van der Waals surface area contributed by atoms with E-state index >= 15 is 0 Å². The van der Waals surface area contributed by atoms with Gasteiger partial charge in [0, 0.05) is 57.3 Å². The fourth-order valence-corrected chi connectivity index (χ4v) is 6.32. The monoisotopic (exact) mass is 688 g/mol. The van der Waals surface area contributed by atoms with Crippen LogP contribution in [0.5, 0.6) is 5.75 Å². The minimum atomic E-state index is -4.05. The number of aliphatic hydroxyl groups is 1. The number of hydrogen-bond donors (Lipinski definition) is 3. The van der Waals surface area contributed by atoms with E-state index in [9.17, 15) is 27.5 Å². The summed E-state index contributed by atoms with van der Waals surface area (Å²) in [6.45, 7) is 5.95. The highest BCUT2D eigenvalue weighted by Crippen LogP contribution is 2.29. The number of aliphatic hydroxyl groups excluding tert-OH is 1. The third-order valence-electron chi connectivity index (χ3n) is 8.16. The second-order valence-electron chi connectivity index (χ2n) is 12.3. The lowest BCUT2D eigenvalue weighted by Crippen LogP contribution is -2.48. The number of fused-ring (bicyclic) bond motifs is 1. The summed E-state index contributed by atoms with van der Waals surface area (Å²) >= 11 is 0.